The average Bonchev–Trinajstić information content (AvgIpc) is 3.07. The Balaban J connectivity index is 1.78. The summed E-state index contributed by atoms with van der Waals surface area (Å²) in [5.41, 5.74) is 10.3. The molecule has 0 amide bonds. The molecule has 0 fully saturated rings. The Morgan fingerprint density at radius 2 is 1.08 bits per heavy atom. The van der Waals surface area contributed by atoms with Crippen LogP contribution in [0.15, 0.2) is 84.9 Å². The van der Waals surface area contributed by atoms with Crippen molar-refractivity contribution in [2.24, 2.45) is 0 Å². The van der Waals surface area contributed by atoms with Crippen molar-refractivity contribution in [2.45, 2.75) is 71.6 Å². The molecule has 5 rings (SSSR count). The molecule has 0 spiro atoms. The predicted octanol–water partition coefficient (Wildman–Crippen LogP) is 9.76. The minimum absolute atomic E-state index is 0.0663. The first-order valence-corrected chi connectivity index (χ1v) is 13.3. The predicted molar refractivity (Wildman–Crippen MR) is 158 cm³/mol. The highest BCUT2D eigenvalue weighted by atomic mass is 16.3. The molecule has 0 unspecified atom stereocenters. The Kier molecular flexibility index (Phi) is 5.79. The van der Waals surface area contributed by atoms with Crippen LogP contribution in [-0.4, -0.2) is 5.11 Å². The van der Waals surface area contributed by atoms with Crippen LogP contribution in [0.4, 0.5) is 17.1 Å². The van der Waals surface area contributed by atoms with Gasteiger partial charge in [0.05, 0.1) is 5.69 Å². The summed E-state index contributed by atoms with van der Waals surface area (Å²) in [6, 6.07) is 30.2. The second-order valence-corrected chi connectivity index (χ2v) is 13.0. The van der Waals surface area contributed by atoms with Gasteiger partial charge in [0.15, 0.2) is 0 Å². The van der Waals surface area contributed by atoms with E-state index in [9.17, 15) is 5.11 Å². The van der Waals surface area contributed by atoms with Crippen LogP contribution in [0, 0.1) is 0 Å². The fourth-order valence-electron chi connectivity index (χ4n) is 5.62. The maximum atomic E-state index is 11.5. The molecule has 1 aliphatic rings. The van der Waals surface area contributed by atoms with Crippen LogP contribution in [0.2, 0.25) is 0 Å². The zero-order chi connectivity index (χ0) is 26.8. The van der Waals surface area contributed by atoms with Gasteiger partial charge in [0, 0.05) is 22.4 Å². The molecule has 1 aliphatic carbocycles. The van der Waals surface area contributed by atoms with E-state index in [1.165, 1.54) is 27.8 Å². The first kappa shape index (κ1) is 25.1. The van der Waals surface area contributed by atoms with Gasteiger partial charge < -0.3 is 10.0 Å². The molecule has 4 aromatic rings. The highest BCUT2D eigenvalue weighted by Crippen LogP contribution is 2.56. The molecule has 0 saturated carbocycles. The summed E-state index contributed by atoms with van der Waals surface area (Å²) in [6.07, 6.45) is 0. The lowest BCUT2D eigenvalue weighted by Gasteiger charge is -2.31. The van der Waals surface area contributed by atoms with Gasteiger partial charge in [0.1, 0.15) is 5.75 Å². The van der Waals surface area contributed by atoms with Gasteiger partial charge in [0.2, 0.25) is 0 Å². The van der Waals surface area contributed by atoms with Gasteiger partial charge in [-0.2, -0.15) is 0 Å². The van der Waals surface area contributed by atoms with Crippen molar-refractivity contribution in [3.05, 3.63) is 107 Å². The van der Waals surface area contributed by atoms with E-state index in [0.717, 1.165) is 22.6 Å². The van der Waals surface area contributed by atoms with E-state index in [4.69, 9.17) is 0 Å². The maximum Gasteiger partial charge on any atom is 0.140 e. The van der Waals surface area contributed by atoms with E-state index < -0.39 is 0 Å². The van der Waals surface area contributed by atoms with Gasteiger partial charge in [-0.25, -0.2) is 0 Å². The van der Waals surface area contributed by atoms with E-state index in [2.05, 4.69) is 139 Å². The number of phenolic OH excluding ortho intramolecular Hbond substituents is 1. The second kappa shape index (κ2) is 8.52. The van der Waals surface area contributed by atoms with Gasteiger partial charge >= 0.3 is 0 Å². The van der Waals surface area contributed by atoms with Crippen LogP contribution in [0.5, 0.6) is 5.75 Å². The van der Waals surface area contributed by atoms with Crippen molar-refractivity contribution >= 4 is 17.1 Å². The molecule has 0 heterocycles. The fraction of sp³-hybridized carbons (Fsp3) is 0.314. The van der Waals surface area contributed by atoms with Crippen LogP contribution in [-0.2, 0) is 16.2 Å². The van der Waals surface area contributed by atoms with Gasteiger partial charge in [0.25, 0.3) is 0 Å². The van der Waals surface area contributed by atoms with Gasteiger partial charge in [-0.05, 0) is 69.0 Å². The number of fused-ring (bicyclic) bond motifs is 3. The highest BCUT2D eigenvalue weighted by Gasteiger charge is 2.39. The number of rotatable bonds is 3. The first-order chi connectivity index (χ1) is 17.3. The van der Waals surface area contributed by atoms with Crippen molar-refractivity contribution in [1.82, 2.24) is 0 Å². The zero-order valence-corrected chi connectivity index (χ0v) is 23.5. The molecule has 0 bridgehead atoms. The summed E-state index contributed by atoms with van der Waals surface area (Å²) >= 11 is 0. The average molecular weight is 490 g/mol. The normalized spacial score (nSPS) is 14.3. The summed E-state index contributed by atoms with van der Waals surface area (Å²) in [5.74, 6) is 0.283. The van der Waals surface area contributed by atoms with E-state index >= 15 is 0 Å². The van der Waals surface area contributed by atoms with E-state index in [1.54, 1.807) is 0 Å². The molecule has 4 aromatic carbocycles. The molecular weight excluding hydrogens is 450 g/mol. The Bertz CT molecular complexity index is 1390. The first-order valence-electron chi connectivity index (χ1n) is 13.3. The molecule has 37 heavy (non-hydrogen) atoms. The van der Waals surface area contributed by atoms with E-state index in [1.807, 2.05) is 6.07 Å². The third-order valence-corrected chi connectivity index (χ3v) is 7.91. The molecule has 0 aromatic heterocycles. The van der Waals surface area contributed by atoms with Gasteiger partial charge in [-0.3, -0.25) is 0 Å². The minimum atomic E-state index is -0.147. The Labute approximate surface area is 222 Å². The minimum Gasteiger partial charge on any atom is -0.506 e. The standard InChI is InChI=1S/C35H39NO/c1-33(2,3)23-13-17-25(18-14-23)36(26-19-15-24(16-20-26)34(4,5)6)32-30(37)22-21-29-31(32)27-11-9-10-12-28(27)35(29,7)8/h9-22,37H,1-8H3. The Hall–Kier alpha value is -3.52. The quantitative estimate of drug-likeness (QED) is 0.309. The Morgan fingerprint density at radius 3 is 1.57 bits per heavy atom. The lowest BCUT2D eigenvalue weighted by atomic mass is 9.82. The second-order valence-electron chi connectivity index (χ2n) is 13.0. The number of phenols is 1. The van der Waals surface area contributed by atoms with Crippen LogP contribution >= 0.6 is 0 Å². The van der Waals surface area contributed by atoms with Crippen LogP contribution in [0.3, 0.4) is 0 Å². The number of benzene rings is 4. The SMILES string of the molecule is CC(C)(C)c1ccc(N(c2ccc(C(C)(C)C)cc2)c2c(O)ccc3c2-c2ccccc2C3(C)C)cc1. The van der Waals surface area contributed by atoms with E-state index in [-0.39, 0.29) is 22.0 Å². The number of nitrogens with zero attached hydrogens (tertiary/aromatic N) is 1. The van der Waals surface area contributed by atoms with Crippen LogP contribution in [0.25, 0.3) is 11.1 Å². The Morgan fingerprint density at radius 1 is 0.595 bits per heavy atom. The molecule has 1 N–H and O–H groups in total. The number of aromatic hydroxyl groups is 1. The number of hydrogen-bond donors (Lipinski definition) is 1. The lowest BCUT2D eigenvalue weighted by Crippen LogP contribution is -2.17. The van der Waals surface area contributed by atoms with Crippen LogP contribution in [0.1, 0.15) is 77.6 Å². The number of hydrogen-bond acceptors (Lipinski definition) is 2. The maximum absolute atomic E-state index is 11.5. The summed E-state index contributed by atoms with van der Waals surface area (Å²) in [7, 11) is 0. The molecule has 0 atom stereocenters. The summed E-state index contributed by atoms with van der Waals surface area (Å²) in [4.78, 5) is 2.23. The molecular formula is C35H39NO. The topological polar surface area (TPSA) is 23.5 Å². The summed E-state index contributed by atoms with van der Waals surface area (Å²) < 4.78 is 0. The molecule has 190 valence electrons. The summed E-state index contributed by atoms with van der Waals surface area (Å²) in [6.45, 7) is 18.0. The highest BCUT2D eigenvalue weighted by molar-refractivity contribution is 5.97. The molecule has 0 saturated heterocycles. The van der Waals surface area contributed by atoms with E-state index in [0.29, 0.717) is 0 Å². The monoisotopic (exact) mass is 489 g/mol. The molecule has 0 radical (unpaired) electrons. The van der Waals surface area contributed by atoms with Crippen molar-refractivity contribution in [3.8, 4) is 16.9 Å². The lowest BCUT2D eigenvalue weighted by molar-refractivity contribution is 0.476. The molecule has 0 aliphatic heterocycles. The molecule has 2 heteroatoms. The smallest absolute Gasteiger partial charge is 0.140 e. The number of anilines is 3. The zero-order valence-electron chi connectivity index (χ0n) is 23.5. The largest absolute Gasteiger partial charge is 0.506 e. The van der Waals surface area contributed by atoms with Crippen molar-refractivity contribution in [2.75, 3.05) is 4.90 Å². The van der Waals surface area contributed by atoms with Crippen LogP contribution < -0.4 is 4.90 Å². The van der Waals surface area contributed by atoms with Crippen molar-refractivity contribution < 1.29 is 5.11 Å². The van der Waals surface area contributed by atoms with Crippen molar-refractivity contribution in [1.29, 1.82) is 0 Å². The summed E-state index contributed by atoms with van der Waals surface area (Å²) in [5, 5.41) is 11.5. The third-order valence-electron chi connectivity index (χ3n) is 7.91. The van der Waals surface area contributed by atoms with Gasteiger partial charge in [-0.15, -0.1) is 0 Å². The van der Waals surface area contributed by atoms with Crippen molar-refractivity contribution in [3.63, 3.8) is 0 Å². The van der Waals surface area contributed by atoms with Gasteiger partial charge in [-0.1, -0.05) is 110 Å². The molecule has 2 nitrogen and oxygen atoms in total. The third kappa shape index (κ3) is 4.23. The fourth-order valence-corrected chi connectivity index (χ4v) is 5.62.